The van der Waals surface area contributed by atoms with Gasteiger partial charge < -0.3 is 10.7 Å². The van der Waals surface area contributed by atoms with E-state index in [-0.39, 0.29) is 5.69 Å². The van der Waals surface area contributed by atoms with Crippen molar-refractivity contribution in [3.05, 3.63) is 28.3 Å². The third-order valence-electron chi connectivity index (χ3n) is 2.40. The van der Waals surface area contributed by atoms with Crippen LogP contribution in [0.25, 0.3) is 0 Å². The van der Waals surface area contributed by atoms with Crippen molar-refractivity contribution >= 4 is 17.1 Å². The minimum Gasteiger partial charge on any atom is -0.385 e. The fourth-order valence-electron chi connectivity index (χ4n) is 1.51. The van der Waals surface area contributed by atoms with Gasteiger partial charge in [0.15, 0.2) is 0 Å². The summed E-state index contributed by atoms with van der Waals surface area (Å²) in [6, 6.07) is 4.66. The number of unbranched alkanes of at least 4 members (excludes halogenated alkanes) is 2. The van der Waals surface area contributed by atoms with Gasteiger partial charge in [-0.05, 0) is 12.5 Å². The molecule has 0 amide bonds. The number of hydrogen-bond acceptors (Lipinski definition) is 5. The molecule has 6 heteroatoms. The summed E-state index contributed by atoms with van der Waals surface area (Å²) in [4.78, 5) is 10.3. The summed E-state index contributed by atoms with van der Waals surface area (Å²) in [6.07, 6.45) is 3.33. The second kappa shape index (κ2) is 6.70. The van der Waals surface area contributed by atoms with Crippen molar-refractivity contribution in [1.29, 1.82) is 0 Å². The van der Waals surface area contributed by atoms with Crippen LogP contribution in [-0.4, -0.2) is 11.5 Å². The largest absolute Gasteiger partial charge is 0.385 e. The lowest BCUT2D eigenvalue weighted by molar-refractivity contribution is -0.384. The molecule has 0 atom stereocenters. The van der Waals surface area contributed by atoms with Crippen LogP contribution in [-0.2, 0) is 0 Å². The van der Waals surface area contributed by atoms with E-state index < -0.39 is 4.92 Å². The summed E-state index contributed by atoms with van der Waals surface area (Å²) in [6.45, 7) is 2.93. The summed E-state index contributed by atoms with van der Waals surface area (Å²) < 4.78 is 0. The minimum absolute atomic E-state index is 0.0263. The molecule has 0 fully saturated rings. The molecule has 0 heterocycles. The van der Waals surface area contributed by atoms with Crippen LogP contribution in [0.15, 0.2) is 18.2 Å². The highest BCUT2D eigenvalue weighted by Crippen LogP contribution is 2.23. The SMILES string of the molecule is CCCCCNc1cc(NN)cc([N+](=O)[O-])c1. The van der Waals surface area contributed by atoms with Crippen molar-refractivity contribution in [2.24, 2.45) is 5.84 Å². The van der Waals surface area contributed by atoms with Crippen LogP contribution in [0.3, 0.4) is 0 Å². The molecule has 6 nitrogen and oxygen atoms in total. The summed E-state index contributed by atoms with van der Waals surface area (Å²) in [5, 5.41) is 13.9. The molecule has 0 aliphatic heterocycles. The lowest BCUT2D eigenvalue weighted by atomic mass is 10.2. The van der Waals surface area contributed by atoms with E-state index in [2.05, 4.69) is 17.7 Å². The summed E-state index contributed by atoms with van der Waals surface area (Å²) in [7, 11) is 0. The second-order valence-electron chi connectivity index (χ2n) is 3.80. The number of nitrogens with one attached hydrogen (secondary N) is 2. The Balaban J connectivity index is 2.70. The maximum atomic E-state index is 10.7. The zero-order valence-electron chi connectivity index (χ0n) is 9.90. The fraction of sp³-hybridized carbons (Fsp3) is 0.455. The molecule has 0 saturated heterocycles. The maximum Gasteiger partial charge on any atom is 0.273 e. The zero-order valence-corrected chi connectivity index (χ0v) is 9.90. The van der Waals surface area contributed by atoms with Crippen LogP contribution in [0.2, 0.25) is 0 Å². The van der Waals surface area contributed by atoms with Crippen LogP contribution in [0.5, 0.6) is 0 Å². The molecule has 1 aromatic carbocycles. The van der Waals surface area contributed by atoms with E-state index in [0.717, 1.165) is 25.8 Å². The predicted octanol–water partition coefficient (Wildman–Crippen LogP) is 2.48. The van der Waals surface area contributed by atoms with E-state index in [1.54, 1.807) is 6.07 Å². The van der Waals surface area contributed by atoms with Gasteiger partial charge in [0.1, 0.15) is 0 Å². The van der Waals surface area contributed by atoms with Crippen LogP contribution in [0.4, 0.5) is 17.1 Å². The second-order valence-corrected chi connectivity index (χ2v) is 3.80. The Hall–Kier alpha value is -1.82. The van der Waals surface area contributed by atoms with Crippen LogP contribution in [0, 0.1) is 10.1 Å². The lowest BCUT2D eigenvalue weighted by Gasteiger charge is -2.08. The van der Waals surface area contributed by atoms with Gasteiger partial charge in [-0.25, -0.2) is 0 Å². The summed E-state index contributed by atoms with van der Waals surface area (Å²) >= 11 is 0. The first-order valence-corrected chi connectivity index (χ1v) is 5.67. The molecule has 0 bridgehead atoms. The number of non-ortho nitro benzene ring substituents is 1. The first-order valence-electron chi connectivity index (χ1n) is 5.67. The Morgan fingerprint density at radius 2 is 2.00 bits per heavy atom. The van der Waals surface area contributed by atoms with Crippen molar-refractivity contribution in [3.63, 3.8) is 0 Å². The normalized spacial score (nSPS) is 10.0. The number of benzene rings is 1. The molecule has 0 aliphatic rings. The highest BCUT2D eigenvalue weighted by atomic mass is 16.6. The minimum atomic E-state index is -0.432. The number of nitrogen functional groups attached to an aromatic ring is 1. The Morgan fingerprint density at radius 1 is 1.29 bits per heavy atom. The number of anilines is 2. The van der Waals surface area contributed by atoms with Crippen molar-refractivity contribution in [2.45, 2.75) is 26.2 Å². The molecular formula is C11H18N4O2. The van der Waals surface area contributed by atoms with E-state index in [1.165, 1.54) is 12.1 Å². The van der Waals surface area contributed by atoms with E-state index in [1.807, 2.05) is 0 Å². The highest BCUT2D eigenvalue weighted by molar-refractivity contribution is 5.63. The molecule has 0 unspecified atom stereocenters. The Labute approximate surface area is 100 Å². The predicted molar refractivity (Wildman–Crippen MR) is 68.9 cm³/mol. The maximum absolute atomic E-state index is 10.7. The molecule has 0 radical (unpaired) electrons. The zero-order chi connectivity index (χ0) is 12.7. The number of hydrogen-bond donors (Lipinski definition) is 3. The van der Waals surface area contributed by atoms with Gasteiger partial charge in [-0.15, -0.1) is 0 Å². The third kappa shape index (κ3) is 4.28. The molecular weight excluding hydrogens is 220 g/mol. The monoisotopic (exact) mass is 238 g/mol. The van der Waals surface area contributed by atoms with Gasteiger partial charge in [0, 0.05) is 24.4 Å². The number of rotatable bonds is 7. The fourth-order valence-corrected chi connectivity index (χ4v) is 1.51. The Bertz CT molecular complexity index is 382. The third-order valence-corrected chi connectivity index (χ3v) is 2.40. The van der Waals surface area contributed by atoms with Crippen molar-refractivity contribution in [3.8, 4) is 0 Å². The quantitative estimate of drug-likeness (QED) is 0.293. The molecule has 0 aromatic heterocycles. The van der Waals surface area contributed by atoms with Crippen LogP contribution >= 0.6 is 0 Å². The standard InChI is InChI=1S/C11H18N4O2/c1-2-3-4-5-13-9-6-10(14-12)8-11(7-9)15(16)17/h6-8,13-14H,2-5,12H2,1H3. The van der Waals surface area contributed by atoms with Gasteiger partial charge in [0.25, 0.3) is 5.69 Å². The molecule has 17 heavy (non-hydrogen) atoms. The highest BCUT2D eigenvalue weighted by Gasteiger charge is 2.08. The molecule has 0 aliphatic carbocycles. The van der Waals surface area contributed by atoms with Crippen LogP contribution < -0.4 is 16.6 Å². The average molecular weight is 238 g/mol. The first kappa shape index (κ1) is 13.2. The smallest absolute Gasteiger partial charge is 0.273 e. The Morgan fingerprint density at radius 3 is 2.59 bits per heavy atom. The van der Waals surface area contributed by atoms with Gasteiger partial charge in [0.05, 0.1) is 10.6 Å². The van der Waals surface area contributed by atoms with Gasteiger partial charge >= 0.3 is 0 Å². The average Bonchev–Trinajstić information content (AvgIpc) is 2.34. The van der Waals surface area contributed by atoms with Crippen LogP contribution in [0.1, 0.15) is 26.2 Å². The van der Waals surface area contributed by atoms with E-state index in [9.17, 15) is 10.1 Å². The van der Waals surface area contributed by atoms with Gasteiger partial charge in [0.2, 0.25) is 0 Å². The molecule has 1 rings (SSSR count). The topological polar surface area (TPSA) is 93.2 Å². The van der Waals surface area contributed by atoms with Crippen molar-refractivity contribution in [2.75, 3.05) is 17.3 Å². The number of nitro groups is 1. The number of nitrogens with zero attached hydrogens (tertiary/aromatic N) is 1. The van der Waals surface area contributed by atoms with Crippen molar-refractivity contribution in [1.82, 2.24) is 0 Å². The van der Waals surface area contributed by atoms with Gasteiger partial charge in [-0.3, -0.25) is 16.0 Å². The molecule has 4 N–H and O–H groups in total. The number of nitro benzene ring substituents is 1. The van der Waals surface area contributed by atoms with Gasteiger partial charge in [-0.2, -0.15) is 0 Å². The first-order chi connectivity index (χ1) is 8.17. The van der Waals surface area contributed by atoms with Gasteiger partial charge in [-0.1, -0.05) is 19.8 Å². The van der Waals surface area contributed by atoms with E-state index in [0.29, 0.717) is 11.4 Å². The van der Waals surface area contributed by atoms with E-state index >= 15 is 0 Å². The van der Waals surface area contributed by atoms with E-state index in [4.69, 9.17) is 5.84 Å². The molecule has 0 spiro atoms. The summed E-state index contributed by atoms with van der Waals surface area (Å²) in [5.41, 5.74) is 3.68. The number of hydrazine groups is 1. The Kier molecular flexibility index (Phi) is 5.22. The molecule has 1 aromatic rings. The molecule has 0 saturated carbocycles. The molecule has 94 valence electrons. The lowest BCUT2D eigenvalue weighted by Crippen LogP contribution is -2.08. The number of nitrogens with two attached hydrogens (primary N) is 1. The summed E-state index contributed by atoms with van der Waals surface area (Å²) in [5.74, 6) is 5.26. The van der Waals surface area contributed by atoms with Crippen molar-refractivity contribution < 1.29 is 4.92 Å².